The molecule has 1 aromatic heterocycles. The first kappa shape index (κ1) is 10.1. The summed E-state index contributed by atoms with van der Waals surface area (Å²) in [6, 6.07) is 4.15. The van der Waals surface area contributed by atoms with E-state index in [1.807, 2.05) is 13.0 Å². The van der Waals surface area contributed by atoms with E-state index in [1.165, 1.54) is 29.4 Å². The SMILES string of the molecule is CC(=O)Nc1nc2cc(C)cc(C)c2s1. The van der Waals surface area contributed by atoms with Crippen LogP contribution in [-0.4, -0.2) is 10.9 Å². The number of fused-ring (bicyclic) bond motifs is 1. The zero-order valence-electron chi connectivity index (χ0n) is 8.92. The molecule has 1 aromatic carbocycles. The fraction of sp³-hybridized carbons (Fsp3) is 0.273. The quantitative estimate of drug-likeness (QED) is 0.803. The molecule has 0 unspecified atom stereocenters. The van der Waals surface area contributed by atoms with E-state index in [4.69, 9.17) is 0 Å². The highest BCUT2D eigenvalue weighted by Gasteiger charge is 2.07. The van der Waals surface area contributed by atoms with Gasteiger partial charge >= 0.3 is 0 Å². The van der Waals surface area contributed by atoms with Crippen molar-refractivity contribution < 1.29 is 4.79 Å². The summed E-state index contributed by atoms with van der Waals surface area (Å²) in [6.45, 7) is 5.60. The van der Waals surface area contributed by atoms with Crippen LogP contribution in [0.25, 0.3) is 10.2 Å². The average Bonchev–Trinajstić information content (AvgIpc) is 2.45. The molecular weight excluding hydrogens is 208 g/mol. The second kappa shape index (κ2) is 3.62. The number of carbonyl (C=O) groups is 1. The predicted molar refractivity (Wildman–Crippen MR) is 63.4 cm³/mol. The molecule has 2 aromatic rings. The van der Waals surface area contributed by atoms with Gasteiger partial charge in [-0.15, -0.1) is 0 Å². The molecular formula is C11H12N2OS. The third-order valence-electron chi connectivity index (χ3n) is 2.10. The molecule has 15 heavy (non-hydrogen) atoms. The van der Waals surface area contributed by atoms with Crippen molar-refractivity contribution in [1.29, 1.82) is 0 Å². The standard InChI is InChI=1S/C11H12N2OS/c1-6-4-7(2)10-9(5-6)13-11(15-10)12-8(3)14/h4-5H,1-3H3,(H,12,13,14). The van der Waals surface area contributed by atoms with Crippen LogP contribution < -0.4 is 5.32 Å². The minimum atomic E-state index is -0.0802. The van der Waals surface area contributed by atoms with Gasteiger partial charge in [-0.05, 0) is 31.0 Å². The molecule has 0 aliphatic carbocycles. The van der Waals surface area contributed by atoms with Crippen LogP contribution in [0.15, 0.2) is 12.1 Å². The smallest absolute Gasteiger partial charge is 0.223 e. The lowest BCUT2D eigenvalue weighted by Gasteiger charge is -1.95. The first-order valence-corrected chi connectivity index (χ1v) is 5.53. The van der Waals surface area contributed by atoms with Crippen LogP contribution in [0.1, 0.15) is 18.1 Å². The first-order valence-electron chi connectivity index (χ1n) is 4.71. The Bertz CT molecular complexity index is 531. The van der Waals surface area contributed by atoms with Gasteiger partial charge in [0, 0.05) is 6.92 Å². The molecule has 0 radical (unpaired) electrons. The number of aryl methyl sites for hydroxylation is 2. The van der Waals surface area contributed by atoms with Crippen molar-refractivity contribution >= 4 is 32.6 Å². The van der Waals surface area contributed by atoms with Gasteiger partial charge in [0.15, 0.2) is 5.13 Å². The molecule has 0 aliphatic rings. The lowest BCUT2D eigenvalue weighted by atomic mass is 10.1. The van der Waals surface area contributed by atoms with Crippen LogP contribution >= 0.6 is 11.3 Å². The van der Waals surface area contributed by atoms with E-state index in [2.05, 4.69) is 23.3 Å². The average molecular weight is 220 g/mol. The number of carbonyl (C=O) groups excluding carboxylic acids is 1. The first-order chi connectivity index (χ1) is 7.06. The number of hydrogen-bond acceptors (Lipinski definition) is 3. The summed E-state index contributed by atoms with van der Waals surface area (Å²) in [5.41, 5.74) is 3.36. The van der Waals surface area contributed by atoms with E-state index >= 15 is 0 Å². The monoisotopic (exact) mass is 220 g/mol. The Kier molecular flexibility index (Phi) is 2.44. The van der Waals surface area contributed by atoms with E-state index < -0.39 is 0 Å². The minimum Gasteiger partial charge on any atom is -0.302 e. The maximum atomic E-state index is 10.9. The molecule has 1 heterocycles. The normalized spacial score (nSPS) is 10.6. The molecule has 0 bridgehead atoms. The maximum Gasteiger partial charge on any atom is 0.223 e. The second-order valence-electron chi connectivity index (χ2n) is 3.63. The predicted octanol–water partition coefficient (Wildman–Crippen LogP) is 2.87. The topological polar surface area (TPSA) is 42.0 Å². The van der Waals surface area contributed by atoms with Gasteiger partial charge in [-0.3, -0.25) is 4.79 Å². The van der Waals surface area contributed by atoms with Crippen molar-refractivity contribution in [2.45, 2.75) is 20.8 Å². The minimum absolute atomic E-state index is 0.0802. The summed E-state index contributed by atoms with van der Waals surface area (Å²) < 4.78 is 1.14. The summed E-state index contributed by atoms with van der Waals surface area (Å²) in [4.78, 5) is 15.3. The Morgan fingerprint density at radius 2 is 2.13 bits per heavy atom. The fourth-order valence-electron chi connectivity index (χ4n) is 1.58. The van der Waals surface area contributed by atoms with E-state index in [1.54, 1.807) is 0 Å². The van der Waals surface area contributed by atoms with Gasteiger partial charge in [0.2, 0.25) is 5.91 Å². The number of amides is 1. The Morgan fingerprint density at radius 3 is 2.80 bits per heavy atom. The third-order valence-corrected chi connectivity index (χ3v) is 3.22. The molecule has 1 amide bonds. The highest BCUT2D eigenvalue weighted by Crippen LogP contribution is 2.29. The van der Waals surface area contributed by atoms with Crippen molar-refractivity contribution in [3.8, 4) is 0 Å². The fourth-order valence-corrected chi connectivity index (χ4v) is 2.54. The van der Waals surface area contributed by atoms with Gasteiger partial charge in [-0.2, -0.15) is 0 Å². The Morgan fingerprint density at radius 1 is 1.40 bits per heavy atom. The number of thiazole rings is 1. The Hall–Kier alpha value is -1.42. The summed E-state index contributed by atoms with van der Waals surface area (Å²) in [7, 11) is 0. The van der Waals surface area contributed by atoms with Crippen LogP contribution in [0.2, 0.25) is 0 Å². The van der Waals surface area contributed by atoms with Crippen LogP contribution in [0.4, 0.5) is 5.13 Å². The number of benzene rings is 1. The zero-order valence-corrected chi connectivity index (χ0v) is 9.73. The van der Waals surface area contributed by atoms with Gasteiger partial charge in [-0.1, -0.05) is 17.4 Å². The van der Waals surface area contributed by atoms with Crippen molar-refractivity contribution in [1.82, 2.24) is 4.98 Å². The lowest BCUT2D eigenvalue weighted by Crippen LogP contribution is -2.04. The number of rotatable bonds is 1. The molecule has 4 heteroatoms. The number of anilines is 1. The van der Waals surface area contributed by atoms with Crippen molar-refractivity contribution in [3.05, 3.63) is 23.3 Å². The second-order valence-corrected chi connectivity index (χ2v) is 4.63. The summed E-state index contributed by atoms with van der Waals surface area (Å²) in [6.07, 6.45) is 0. The molecule has 3 nitrogen and oxygen atoms in total. The molecule has 1 N–H and O–H groups in total. The van der Waals surface area contributed by atoms with Gasteiger partial charge in [0.05, 0.1) is 10.2 Å². The molecule has 0 aliphatic heterocycles. The molecule has 0 atom stereocenters. The van der Waals surface area contributed by atoms with E-state index in [0.29, 0.717) is 5.13 Å². The van der Waals surface area contributed by atoms with Crippen LogP contribution in [0.5, 0.6) is 0 Å². The van der Waals surface area contributed by atoms with Crippen molar-refractivity contribution in [3.63, 3.8) is 0 Å². The molecule has 0 saturated heterocycles. The van der Waals surface area contributed by atoms with E-state index in [-0.39, 0.29) is 5.91 Å². The van der Waals surface area contributed by atoms with Crippen LogP contribution in [-0.2, 0) is 4.79 Å². The Balaban J connectivity index is 2.55. The highest BCUT2D eigenvalue weighted by atomic mass is 32.1. The summed E-state index contributed by atoms with van der Waals surface area (Å²) in [5.74, 6) is -0.0802. The zero-order chi connectivity index (χ0) is 11.0. The summed E-state index contributed by atoms with van der Waals surface area (Å²) >= 11 is 1.52. The molecule has 0 fully saturated rings. The highest BCUT2D eigenvalue weighted by molar-refractivity contribution is 7.22. The third kappa shape index (κ3) is 1.99. The Labute approximate surface area is 92.1 Å². The van der Waals surface area contributed by atoms with Gasteiger partial charge in [-0.25, -0.2) is 4.98 Å². The van der Waals surface area contributed by atoms with Crippen molar-refractivity contribution in [2.75, 3.05) is 5.32 Å². The molecule has 0 spiro atoms. The van der Waals surface area contributed by atoms with Crippen LogP contribution in [0, 0.1) is 13.8 Å². The largest absolute Gasteiger partial charge is 0.302 e. The van der Waals surface area contributed by atoms with Crippen LogP contribution in [0.3, 0.4) is 0 Å². The maximum absolute atomic E-state index is 10.9. The van der Waals surface area contributed by atoms with Gasteiger partial charge < -0.3 is 5.32 Å². The number of nitrogens with one attached hydrogen (secondary N) is 1. The molecule has 2 rings (SSSR count). The lowest BCUT2D eigenvalue weighted by molar-refractivity contribution is -0.114. The van der Waals surface area contributed by atoms with Crippen molar-refractivity contribution in [2.24, 2.45) is 0 Å². The number of aromatic nitrogens is 1. The van der Waals surface area contributed by atoms with Gasteiger partial charge in [0.25, 0.3) is 0 Å². The van der Waals surface area contributed by atoms with E-state index in [9.17, 15) is 4.79 Å². The molecule has 0 saturated carbocycles. The number of hydrogen-bond donors (Lipinski definition) is 1. The van der Waals surface area contributed by atoms with E-state index in [0.717, 1.165) is 10.2 Å². The summed E-state index contributed by atoms with van der Waals surface area (Å²) in [5, 5.41) is 3.38. The van der Waals surface area contributed by atoms with Gasteiger partial charge in [0.1, 0.15) is 0 Å². The molecule has 78 valence electrons. The number of nitrogens with zero attached hydrogens (tertiary/aromatic N) is 1.